The maximum absolute atomic E-state index is 11.8. The monoisotopic (exact) mass is 254 g/mol. The second-order valence-corrected chi connectivity index (χ2v) is 4.42. The third kappa shape index (κ3) is 3.13. The Balaban J connectivity index is 2.25. The molecule has 2 rings (SSSR count). The Morgan fingerprint density at radius 3 is 2.53 bits per heavy atom. The van der Waals surface area contributed by atoms with Crippen LogP contribution < -0.4 is 11.1 Å². The highest BCUT2D eigenvalue weighted by Crippen LogP contribution is 2.26. The molecule has 0 spiro atoms. The quantitative estimate of drug-likeness (QED) is 0.824. The van der Waals surface area contributed by atoms with E-state index >= 15 is 0 Å². The number of nitrogen functional groups attached to an aromatic ring is 1. The lowest BCUT2D eigenvalue weighted by Crippen LogP contribution is -2.24. The summed E-state index contributed by atoms with van der Waals surface area (Å²) < 4.78 is 0. The summed E-state index contributed by atoms with van der Waals surface area (Å²) in [5.74, 6) is -0.0758. The summed E-state index contributed by atoms with van der Waals surface area (Å²) >= 11 is 0. The van der Waals surface area contributed by atoms with Crippen molar-refractivity contribution in [3.63, 3.8) is 0 Å². The minimum absolute atomic E-state index is 0.0758. The third-order valence-electron chi connectivity index (χ3n) is 2.93. The van der Waals surface area contributed by atoms with E-state index in [9.17, 15) is 4.79 Å². The zero-order valence-corrected chi connectivity index (χ0v) is 11.0. The summed E-state index contributed by atoms with van der Waals surface area (Å²) in [5, 5.41) is 2.84. The molecule has 0 fully saturated rings. The van der Waals surface area contributed by atoms with Gasteiger partial charge in [-0.05, 0) is 24.1 Å². The maximum Gasteiger partial charge on any atom is 0.251 e. The average Bonchev–Trinajstić information content (AvgIpc) is 2.45. The average molecular weight is 254 g/mol. The molecule has 0 aliphatic carbocycles. The van der Waals surface area contributed by atoms with Crippen LogP contribution >= 0.6 is 0 Å². The molecule has 0 atom stereocenters. The summed E-state index contributed by atoms with van der Waals surface area (Å²) in [6.45, 7) is 2.70. The van der Waals surface area contributed by atoms with Crippen molar-refractivity contribution in [3.8, 4) is 11.1 Å². The molecule has 3 N–H and O–H groups in total. The SMILES string of the molecule is CCCNC(=O)c1ccc(-c2ccccc2)c(N)c1. The molecule has 98 valence electrons. The van der Waals surface area contributed by atoms with Gasteiger partial charge >= 0.3 is 0 Å². The molecule has 0 unspecified atom stereocenters. The number of amides is 1. The second kappa shape index (κ2) is 6.05. The molecular formula is C16H18N2O. The molecule has 0 aromatic heterocycles. The Morgan fingerprint density at radius 2 is 1.89 bits per heavy atom. The van der Waals surface area contributed by atoms with Crippen molar-refractivity contribution in [2.45, 2.75) is 13.3 Å². The Morgan fingerprint density at radius 1 is 1.16 bits per heavy atom. The molecule has 0 heterocycles. The fraction of sp³-hybridized carbons (Fsp3) is 0.188. The van der Waals surface area contributed by atoms with Gasteiger partial charge in [0.25, 0.3) is 5.91 Å². The Labute approximate surface area is 113 Å². The lowest BCUT2D eigenvalue weighted by Gasteiger charge is -2.09. The van der Waals surface area contributed by atoms with E-state index < -0.39 is 0 Å². The van der Waals surface area contributed by atoms with Gasteiger partial charge in [-0.1, -0.05) is 43.3 Å². The summed E-state index contributed by atoms with van der Waals surface area (Å²) in [7, 11) is 0. The maximum atomic E-state index is 11.8. The van der Waals surface area contributed by atoms with Crippen LogP contribution in [0.4, 0.5) is 5.69 Å². The first-order valence-electron chi connectivity index (χ1n) is 6.45. The van der Waals surface area contributed by atoms with Crippen LogP contribution in [-0.4, -0.2) is 12.5 Å². The molecule has 1 amide bonds. The Bertz CT molecular complexity index is 564. The minimum atomic E-state index is -0.0758. The van der Waals surface area contributed by atoms with Crippen LogP contribution in [0, 0.1) is 0 Å². The number of rotatable bonds is 4. The lowest BCUT2D eigenvalue weighted by atomic mass is 10.0. The van der Waals surface area contributed by atoms with E-state index in [0.717, 1.165) is 17.5 Å². The lowest BCUT2D eigenvalue weighted by molar-refractivity contribution is 0.0953. The van der Waals surface area contributed by atoms with Gasteiger partial charge < -0.3 is 11.1 Å². The molecule has 0 radical (unpaired) electrons. The molecule has 3 nitrogen and oxygen atoms in total. The van der Waals surface area contributed by atoms with E-state index in [-0.39, 0.29) is 5.91 Å². The fourth-order valence-electron chi connectivity index (χ4n) is 1.93. The first-order chi connectivity index (χ1) is 9.22. The molecule has 19 heavy (non-hydrogen) atoms. The normalized spacial score (nSPS) is 10.2. The number of anilines is 1. The molecule has 3 heteroatoms. The first kappa shape index (κ1) is 13.1. The predicted octanol–water partition coefficient (Wildman–Crippen LogP) is 3.08. The van der Waals surface area contributed by atoms with Crippen LogP contribution in [-0.2, 0) is 0 Å². The van der Waals surface area contributed by atoms with Gasteiger partial charge in [0, 0.05) is 23.4 Å². The zero-order valence-electron chi connectivity index (χ0n) is 11.0. The van der Waals surface area contributed by atoms with Crippen LogP contribution in [0.5, 0.6) is 0 Å². The van der Waals surface area contributed by atoms with E-state index in [1.807, 2.05) is 49.4 Å². The third-order valence-corrected chi connectivity index (χ3v) is 2.93. The molecule has 2 aromatic carbocycles. The second-order valence-electron chi connectivity index (χ2n) is 4.42. The largest absolute Gasteiger partial charge is 0.398 e. The molecule has 2 aromatic rings. The number of carbonyl (C=O) groups excluding carboxylic acids is 1. The number of nitrogens with two attached hydrogens (primary N) is 1. The van der Waals surface area contributed by atoms with Crippen LogP contribution in [0.3, 0.4) is 0 Å². The predicted molar refractivity (Wildman–Crippen MR) is 78.9 cm³/mol. The fourth-order valence-corrected chi connectivity index (χ4v) is 1.93. The standard InChI is InChI=1S/C16H18N2O/c1-2-10-18-16(19)13-8-9-14(15(17)11-13)12-6-4-3-5-7-12/h3-9,11H,2,10,17H2,1H3,(H,18,19). The van der Waals surface area contributed by atoms with E-state index in [1.165, 1.54) is 0 Å². The van der Waals surface area contributed by atoms with Crippen molar-refractivity contribution in [1.29, 1.82) is 0 Å². The number of hydrogen-bond acceptors (Lipinski definition) is 2. The van der Waals surface area contributed by atoms with Gasteiger partial charge in [0.2, 0.25) is 0 Å². The molecule has 0 saturated carbocycles. The molecule has 0 aliphatic rings. The van der Waals surface area contributed by atoms with Crippen molar-refractivity contribution in [2.75, 3.05) is 12.3 Å². The molecule has 0 saturated heterocycles. The van der Waals surface area contributed by atoms with Gasteiger partial charge in [-0.15, -0.1) is 0 Å². The van der Waals surface area contributed by atoms with Gasteiger partial charge in [-0.3, -0.25) is 4.79 Å². The summed E-state index contributed by atoms with van der Waals surface area (Å²) in [6.07, 6.45) is 0.920. The summed E-state index contributed by atoms with van der Waals surface area (Å²) in [4.78, 5) is 11.8. The Hall–Kier alpha value is -2.29. The Kier molecular flexibility index (Phi) is 4.18. The summed E-state index contributed by atoms with van der Waals surface area (Å²) in [5.41, 5.74) is 9.27. The smallest absolute Gasteiger partial charge is 0.251 e. The number of nitrogens with one attached hydrogen (secondary N) is 1. The molecule has 0 aliphatic heterocycles. The van der Waals surface area contributed by atoms with Crippen LogP contribution in [0.1, 0.15) is 23.7 Å². The molecular weight excluding hydrogens is 236 g/mol. The van der Waals surface area contributed by atoms with Crippen molar-refractivity contribution in [3.05, 3.63) is 54.1 Å². The number of hydrogen-bond donors (Lipinski definition) is 2. The highest BCUT2D eigenvalue weighted by atomic mass is 16.1. The van der Waals surface area contributed by atoms with E-state index in [0.29, 0.717) is 17.8 Å². The van der Waals surface area contributed by atoms with Gasteiger partial charge in [-0.25, -0.2) is 0 Å². The van der Waals surface area contributed by atoms with Crippen molar-refractivity contribution in [1.82, 2.24) is 5.32 Å². The topological polar surface area (TPSA) is 55.1 Å². The van der Waals surface area contributed by atoms with Crippen molar-refractivity contribution >= 4 is 11.6 Å². The summed E-state index contributed by atoms with van der Waals surface area (Å²) in [6, 6.07) is 15.3. The zero-order chi connectivity index (χ0) is 13.7. The highest BCUT2D eigenvalue weighted by molar-refractivity contribution is 5.96. The van der Waals surface area contributed by atoms with E-state index in [2.05, 4.69) is 5.32 Å². The highest BCUT2D eigenvalue weighted by Gasteiger charge is 2.08. The van der Waals surface area contributed by atoms with E-state index in [4.69, 9.17) is 5.73 Å². The van der Waals surface area contributed by atoms with Crippen molar-refractivity contribution < 1.29 is 4.79 Å². The molecule has 0 bridgehead atoms. The van der Waals surface area contributed by atoms with Crippen LogP contribution in [0.25, 0.3) is 11.1 Å². The first-order valence-corrected chi connectivity index (χ1v) is 6.45. The van der Waals surface area contributed by atoms with E-state index in [1.54, 1.807) is 6.07 Å². The van der Waals surface area contributed by atoms with Gasteiger partial charge in [0.15, 0.2) is 0 Å². The minimum Gasteiger partial charge on any atom is -0.398 e. The van der Waals surface area contributed by atoms with Gasteiger partial charge in [0.1, 0.15) is 0 Å². The van der Waals surface area contributed by atoms with Crippen molar-refractivity contribution in [2.24, 2.45) is 0 Å². The van der Waals surface area contributed by atoms with Gasteiger partial charge in [0.05, 0.1) is 0 Å². The van der Waals surface area contributed by atoms with Gasteiger partial charge in [-0.2, -0.15) is 0 Å². The number of carbonyl (C=O) groups is 1. The number of benzene rings is 2. The van der Waals surface area contributed by atoms with Crippen LogP contribution in [0.2, 0.25) is 0 Å². The van der Waals surface area contributed by atoms with Crippen LogP contribution in [0.15, 0.2) is 48.5 Å².